The lowest BCUT2D eigenvalue weighted by Crippen LogP contribution is -2.19. The Morgan fingerprint density at radius 2 is 1.89 bits per heavy atom. The number of aromatic nitrogens is 1. The van der Waals surface area contributed by atoms with E-state index in [1.54, 1.807) is 19.5 Å². The standard InChI is InChI=1S/C15H18N2O2/c1-18-14-3-2-4-15(9-14)19-11-13(10-16)12-5-7-17-8-6-12/h2-9,13H,10-11,16H2,1H3. The first kappa shape index (κ1) is 13.4. The minimum absolute atomic E-state index is 0.161. The second kappa shape index (κ2) is 6.75. The highest BCUT2D eigenvalue weighted by Crippen LogP contribution is 2.21. The Hall–Kier alpha value is -2.07. The Bertz CT molecular complexity index is 503. The highest BCUT2D eigenvalue weighted by Gasteiger charge is 2.10. The van der Waals surface area contributed by atoms with Crippen molar-refractivity contribution in [2.24, 2.45) is 5.73 Å². The van der Waals surface area contributed by atoms with Crippen LogP contribution in [-0.4, -0.2) is 25.2 Å². The van der Waals surface area contributed by atoms with Gasteiger partial charge in [0.25, 0.3) is 0 Å². The van der Waals surface area contributed by atoms with Gasteiger partial charge in [-0.25, -0.2) is 0 Å². The van der Waals surface area contributed by atoms with E-state index >= 15 is 0 Å². The predicted octanol–water partition coefficient (Wildman–Crippen LogP) is 2.21. The van der Waals surface area contributed by atoms with Crippen LogP contribution in [0.25, 0.3) is 0 Å². The van der Waals surface area contributed by atoms with E-state index in [-0.39, 0.29) is 5.92 Å². The second-order valence-corrected chi connectivity index (χ2v) is 4.20. The normalized spacial score (nSPS) is 11.9. The van der Waals surface area contributed by atoms with Crippen LogP contribution in [0, 0.1) is 0 Å². The summed E-state index contributed by atoms with van der Waals surface area (Å²) in [6.45, 7) is 1.07. The Morgan fingerprint density at radius 1 is 1.16 bits per heavy atom. The van der Waals surface area contributed by atoms with Gasteiger partial charge in [0, 0.05) is 30.9 Å². The maximum absolute atomic E-state index is 5.80. The molecular weight excluding hydrogens is 240 g/mol. The fraction of sp³-hybridized carbons (Fsp3) is 0.267. The molecule has 100 valence electrons. The monoisotopic (exact) mass is 258 g/mol. The van der Waals surface area contributed by atoms with Gasteiger partial charge in [-0.15, -0.1) is 0 Å². The summed E-state index contributed by atoms with van der Waals surface area (Å²) in [5, 5.41) is 0. The summed E-state index contributed by atoms with van der Waals surface area (Å²) in [5.41, 5.74) is 6.94. The molecule has 2 aromatic rings. The fourth-order valence-corrected chi connectivity index (χ4v) is 1.82. The molecule has 1 heterocycles. The van der Waals surface area contributed by atoms with E-state index in [4.69, 9.17) is 15.2 Å². The molecule has 0 aliphatic carbocycles. The molecule has 0 bridgehead atoms. The molecule has 0 saturated heterocycles. The van der Waals surface area contributed by atoms with Crippen LogP contribution in [0.15, 0.2) is 48.8 Å². The largest absolute Gasteiger partial charge is 0.497 e. The van der Waals surface area contributed by atoms with Gasteiger partial charge in [-0.2, -0.15) is 0 Å². The molecule has 0 saturated carbocycles. The fourth-order valence-electron chi connectivity index (χ4n) is 1.82. The summed E-state index contributed by atoms with van der Waals surface area (Å²) >= 11 is 0. The van der Waals surface area contributed by atoms with Crippen molar-refractivity contribution >= 4 is 0 Å². The summed E-state index contributed by atoms with van der Waals surface area (Å²) in [4.78, 5) is 4.00. The van der Waals surface area contributed by atoms with Gasteiger partial charge in [0.05, 0.1) is 13.7 Å². The minimum atomic E-state index is 0.161. The number of methoxy groups -OCH3 is 1. The maximum atomic E-state index is 5.80. The molecule has 1 unspecified atom stereocenters. The van der Waals surface area contributed by atoms with E-state index in [2.05, 4.69) is 4.98 Å². The van der Waals surface area contributed by atoms with Crippen LogP contribution in [0.5, 0.6) is 11.5 Å². The quantitative estimate of drug-likeness (QED) is 0.863. The first-order valence-electron chi connectivity index (χ1n) is 6.20. The zero-order valence-corrected chi connectivity index (χ0v) is 11.0. The molecule has 0 aliphatic rings. The van der Waals surface area contributed by atoms with Crippen molar-refractivity contribution in [1.29, 1.82) is 0 Å². The minimum Gasteiger partial charge on any atom is -0.497 e. The molecular formula is C15H18N2O2. The van der Waals surface area contributed by atoms with Gasteiger partial charge in [-0.3, -0.25) is 4.98 Å². The number of nitrogens with two attached hydrogens (primary N) is 1. The first-order valence-corrected chi connectivity index (χ1v) is 6.20. The van der Waals surface area contributed by atoms with Crippen molar-refractivity contribution in [1.82, 2.24) is 4.98 Å². The van der Waals surface area contributed by atoms with Gasteiger partial charge in [0.15, 0.2) is 0 Å². The summed E-state index contributed by atoms with van der Waals surface area (Å²) in [6, 6.07) is 11.5. The van der Waals surface area contributed by atoms with E-state index in [0.29, 0.717) is 13.2 Å². The van der Waals surface area contributed by atoms with Gasteiger partial charge >= 0.3 is 0 Å². The van der Waals surface area contributed by atoms with E-state index in [1.807, 2.05) is 36.4 Å². The Morgan fingerprint density at radius 3 is 2.58 bits per heavy atom. The van der Waals surface area contributed by atoms with E-state index < -0.39 is 0 Å². The number of hydrogen-bond donors (Lipinski definition) is 1. The molecule has 1 aromatic heterocycles. The number of pyridine rings is 1. The van der Waals surface area contributed by atoms with Gasteiger partial charge in [-0.1, -0.05) is 6.07 Å². The van der Waals surface area contributed by atoms with Crippen LogP contribution in [0.2, 0.25) is 0 Å². The Balaban J connectivity index is 2.00. The number of ether oxygens (including phenoxy) is 2. The molecule has 19 heavy (non-hydrogen) atoms. The van der Waals surface area contributed by atoms with Crippen molar-refractivity contribution in [2.45, 2.75) is 5.92 Å². The number of benzene rings is 1. The summed E-state index contributed by atoms with van der Waals surface area (Å²) in [6.07, 6.45) is 3.53. The molecule has 0 radical (unpaired) electrons. The maximum Gasteiger partial charge on any atom is 0.123 e. The van der Waals surface area contributed by atoms with Crippen LogP contribution in [0.3, 0.4) is 0 Å². The van der Waals surface area contributed by atoms with Gasteiger partial charge < -0.3 is 15.2 Å². The number of rotatable bonds is 6. The van der Waals surface area contributed by atoms with Crippen molar-refractivity contribution in [3.63, 3.8) is 0 Å². The summed E-state index contributed by atoms with van der Waals surface area (Å²) in [5.74, 6) is 1.73. The van der Waals surface area contributed by atoms with Crippen LogP contribution in [0.1, 0.15) is 11.5 Å². The molecule has 0 aliphatic heterocycles. The third-order valence-corrected chi connectivity index (χ3v) is 2.95. The molecule has 1 atom stereocenters. The lowest BCUT2D eigenvalue weighted by Gasteiger charge is -2.16. The van der Waals surface area contributed by atoms with E-state index in [9.17, 15) is 0 Å². The van der Waals surface area contributed by atoms with Gasteiger partial charge in [0.1, 0.15) is 11.5 Å². The van der Waals surface area contributed by atoms with Gasteiger partial charge in [-0.05, 0) is 29.8 Å². The van der Waals surface area contributed by atoms with E-state index in [0.717, 1.165) is 17.1 Å². The molecule has 0 fully saturated rings. The Labute approximate surface area is 113 Å². The molecule has 0 spiro atoms. The van der Waals surface area contributed by atoms with Crippen molar-refractivity contribution in [2.75, 3.05) is 20.3 Å². The predicted molar refractivity (Wildman–Crippen MR) is 74.5 cm³/mol. The third-order valence-electron chi connectivity index (χ3n) is 2.95. The number of nitrogens with zero attached hydrogens (tertiary/aromatic N) is 1. The first-order chi connectivity index (χ1) is 9.33. The smallest absolute Gasteiger partial charge is 0.123 e. The second-order valence-electron chi connectivity index (χ2n) is 4.20. The average Bonchev–Trinajstić information content (AvgIpc) is 2.49. The van der Waals surface area contributed by atoms with Crippen molar-refractivity contribution < 1.29 is 9.47 Å². The lowest BCUT2D eigenvalue weighted by atomic mass is 10.0. The van der Waals surface area contributed by atoms with Crippen molar-refractivity contribution in [3.8, 4) is 11.5 Å². The number of hydrogen-bond acceptors (Lipinski definition) is 4. The lowest BCUT2D eigenvalue weighted by molar-refractivity contribution is 0.288. The highest BCUT2D eigenvalue weighted by atomic mass is 16.5. The molecule has 4 nitrogen and oxygen atoms in total. The van der Waals surface area contributed by atoms with Gasteiger partial charge in [0.2, 0.25) is 0 Å². The van der Waals surface area contributed by atoms with Crippen LogP contribution in [-0.2, 0) is 0 Å². The topological polar surface area (TPSA) is 57.4 Å². The van der Waals surface area contributed by atoms with E-state index in [1.165, 1.54) is 0 Å². The molecule has 4 heteroatoms. The molecule has 2 rings (SSSR count). The van der Waals surface area contributed by atoms with Crippen molar-refractivity contribution in [3.05, 3.63) is 54.4 Å². The average molecular weight is 258 g/mol. The van der Waals surface area contributed by atoms with Crippen LogP contribution in [0.4, 0.5) is 0 Å². The summed E-state index contributed by atoms with van der Waals surface area (Å²) < 4.78 is 10.9. The third kappa shape index (κ3) is 3.69. The zero-order chi connectivity index (χ0) is 13.5. The van der Waals surface area contributed by atoms with Crippen LogP contribution >= 0.6 is 0 Å². The Kier molecular flexibility index (Phi) is 4.75. The van der Waals surface area contributed by atoms with Crippen LogP contribution < -0.4 is 15.2 Å². The molecule has 1 aromatic carbocycles. The zero-order valence-electron chi connectivity index (χ0n) is 11.0. The SMILES string of the molecule is COc1cccc(OCC(CN)c2ccncc2)c1. The highest BCUT2D eigenvalue weighted by molar-refractivity contribution is 5.33. The molecule has 2 N–H and O–H groups in total. The molecule has 0 amide bonds. The summed E-state index contributed by atoms with van der Waals surface area (Å²) in [7, 11) is 1.64.